The molecule has 0 unspecified atom stereocenters. The van der Waals surface area contributed by atoms with Crippen LogP contribution in [0.1, 0.15) is 29.8 Å². The summed E-state index contributed by atoms with van der Waals surface area (Å²) >= 11 is 0. The molecule has 1 aliphatic heterocycles. The smallest absolute Gasteiger partial charge is 0.232 e. The molecule has 3 atom stereocenters. The average molecular weight is 365 g/mol. The van der Waals surface area contributed by atoms with Crippen LogP contribution >= 0.6 is 0 Å². The van der Waals surface area contributed by atoms with E-state index in [0.717, 1.165) is 22.5 Å². The van der Waals surface area contributed by atoms with E-state index in [4.69, 9.17) is 0 Å². The Labute approximate surface area is 157 Å². The molecule has 3 aromatic rings. The molecule has 1 amide bonds. The second-order valence-electron chi connectivity index (χ2n) is 7.08. The van der Waals surface area contributed by atoms with Crippen molar-refractivity contribution in [2.45, 2.75) is 32.9 Å². The number of aromatic nitrogens is 5. The molecule has 0 bridgehead atoms. The van der Waals surface area contributed by atoms with E-state index in [1.165, 1.54) is 6.33 Å². The Bertz CT molecular complexity index is 990. The first kappa shape index (κ1) is 17.3. The van der Waals surface area contributed by atoms with Gasteiger partial charge in [0.2, 0.25) is 11.9 Å². The number of carbonyl (C=O) groups excluding carboxylic acids is 1. The van der Waals surface area contributed by atoms with E-state index in [1.807, 2.05) is 58.3 Å². The molecule has 0 saturated carbocycles. The maximum atomic E-state index is 13.3. The number of hydrogen-bond acceptors (Lipinski definition) is 5. The number of benzene rings is 1. The molecule has 0 saturated heterocycles. The maximum absolute atomic E-state index is 13.3. The molecule has 0 radical (unpaired) electrons. The van der Waals surface area contributed by atoms with Crippen LogP contribution in [0.5, 0.6) is 0 Å². The Morgan fingerprint density at radius 3 is 2.74 bits per heavy atom. The molecule has 0 fully saturated rings. The standard InChI is InChI=1S/C19H23N7O/c1-11-7-5-6-8-15(11)23-18(27)16-13(3)22-19-20-10-21-26(19)17(16)14-9-25(4)24-12(14)2/h5-10,13,16-17H,1-4H3,(H,23,27)(H,20,21,22)/t13-,16-,17-/m1/s1. The second-order valence-corrected chi connectivity index (χ2v) is 7.08. The lowest BCUT2D eigenvalue weighted by Gasteiger charge is -2.36. The van der Waals surface area contributed by atoms with E-state index >= 15 is 0 Å². The first-order chi connectivity index (χ1) is 13.0. The fourth-order valence-corrected chi connectivity index (χ4v) is 3.81. The van der Waals surface area contributed by atoms with E-state index in [0.29, 0.717) is 5.95 Å². The Balaban J connectivity index is 1.76. The molecule has 1 aromatic carbocycles. The van der Waals surface area contributed by atoms with Crippen LogP contribution in [-0.4, -0.2) is 36.5 Å². The fourth-order valence-electron chi connectivity index (χ4n) is 3.81. The summed E-state index contributed by atoms with van der Waals surface area (Å²) in [6.07, 6.45) is 3.47. The highest BCUT2D eigenvalue weighted by Crippen LogP contribution is 2.37. The van der Waals surface area contributed by atoms with Gasteiger partial charge in [0.15, 0.2) is 0 Å². The molecule has 0 aliphatic carbocycles. The van der Waals surface area contributed by atoms with Gasteiger partial charge in [-0.15, -0.1) is 0 Å². The minimum Gasteiger partial charge on any atom is -0.351 e. The Morgan fingerprint density at radius 2 is 2.04 bits per heavy atom. The van der Waals surface area contributed by atoms with Crippen molar-refractivity contribution in [3.8, 4) is 0 Å². The fraction of sp³-hybridized carbons (Fsp3) is 0.368. The van der Waals surface area contributed by atoms with Crippen LogP contribution in [0.3, 0.4) is 0 Å². The minimum absolute atomic E-state index is 0.0568. The molecular weight excluding hydrogens is 342 g/mol. The van der Waals surface area contributed by atoms with Gasteiger partial charge >= 0.3 is 0 Å². The zero-order valence-electron chi connectivity index (χ0n) is 15.8. The van der Waals surface area contributed by atoms with Crippen molar-refractivity contribution in [1.82, 2.24) is 24.5 Å². The number of nitrogens with one attached hydrogen (secondary N) is 2. The number of hydrogen-bond donors (Lipinski definition) is 2. The van der Waals surface area contributed by atoms with Crippen LogP contribution in [0.2, 0.25) is 0 Å². The van der Waals surface area contributed by atoms with Crippen molar-refractivity contribution < 1.29 is 4.79 Å². The summed E-state index contributed by atoms with van der Waals surface area (Å²) in [4.78, 5) is 17.6. The van der Waals surface area contributed by atoms with Gasteiger partial charge in [-0.25, -0.2) is 4.68 Å². The Hall–Kier alpha value is -3.16. The summed E-state index contributed by atoms with van der Waals surface area (Å²) in [7, 11) is 1.88. The lowest BCUT2D eigenvalue weighted by atomic mass is 9.85. The predicted octanol–water partition coefficient (Wildman–Crippen LogP) is 2.29. The minimum atomic E-state index is -0.373. The van der Waals surface area contributed by atoms with Crippen LogP contribution in [0, 0.1) is 19.8 Å². The highest BCUT2D eigenvalue weighted by atomic mass is 16.2. The van der Waals surface area contributed by atoms with Gasteiger partial charge in [-0.3, -0.25) is 9.48 Å². The molecule has 140 valence electrons. The van der Waals surface area contributed by atoms with Gasteiger partial charge in [-0.1, -0.05) is 18.2 Å². The molecule has 2 N–H and O–H groups in total. The summed E-state index contributed by atoms with van der Waals surface area (Å²) in [6.45, 7) is 5.93. The van der Waals surface area contributed by atoms with Crippen LogP contribution < -0.4 is 10.6 Å². The number of anilines is 2. The molecule has 1 aliphatic rings. The van der Waals surface area contributed by atoms with Crippen LogP contribution in [0.25, 0.3) is 0 Å². The van der Waals surface area contributed by atoms with Crippen molar-refractivity contribution in [1.29, 1.82) is 0 Å². The van der Waals surface area contributed by atoms with Crippen molar-refractivity contribution in [2.24, 2.45) is 13.0 Å². The zero-order valence-corrected chi connectivity index (χ0v) is 15.8. The summed E-state index contributed by atoms with van der Waals surface area (Å²) in [5.74, 6) is 0.233. The molecule has 8 nitrogen and oxygen atoms in total. The third-order valence-corrected chi connectivity index (χ3v) is 5.15. The lowest BCUT2D eigenvalue weighted by Crippen LogP contribution is -2.46. The number of aryl methyl sites for hydroxylation is 3. The summed E-state index contributed by atoms with van der Waals surface area (Å²) in [6, 6.07) is 7.38. The molecular formula is C19H23N7O. The lowest BCUT2D eigenvalue weighted by molar-refractivity contribution is -0.121. The van der Waals surface area contributed by atoms with Gasteiger partial charge < -0.3 is 10.6 Å². The van der Waals surface area contributed by atoms with E-state index in [-0.39, 0.29) is 23.9 Å². The third kappa shape index (κ3) is 2.97. The van der Waals surface area contributed by atoms with Gasteiger partial charge in [0.05, 0.1) is 17.7 Å². The molecule has 8 heteroatoms. The molecule has 2 aromatic heterocycles. The molecule has 3 heterocycles. The highest BCUT2D eigenvalue weighted by molar-refractivity contribution is 5.94. The first-order valence-corrected chi connectivity index (χ1v) is 8.98. The number of rotatable bonds is 3. The Kier molecular flexibility index (Phi) is 4.18. The number of carbonyl (C=O) groups is 1. The topological polar surface area (TPSA) is 89.7 Å². The SMILES string of the molecule is Cc1ccccc1NC(=O)[C@H]1[C@@H](c2cn(C)nc2C)n2ncnc2N[C@@H]1C. The first-order valence-electron chi connectivity index (χ1n) is 8.98. The van der Waals surface area contributed by atoms with Crippen LogP contribution in [-0.2, 0) is 11.8 Å². The van der Waals surface area contributed by atoms with Crippen molar-refractivity contribution in [2.75, 3.05) is 10.6 Å². The quantitative estimate of drug-likeness (QED) is 0.743. The summed E-state index contributed by atoms with van der Waals surface area (Å²) < 4.78 is 3.55. The van der Waals surface area contributed by atoms with Crippen LogP contribution in [0.4, 0.5) is 11.6 Å². The molecule has 27 heavy (non-hydrogen) atoms. The largest absolute Gasteiger partial charge is 0.351 e. The zero-order chi connectivity index (χ0) is 19.1. The van der Waals surface area contributed by atoms with Gasteiger partial charge in [-0.05, 0) is 32.4 Å². The van der Waals surface area contributed by atoms with E-state index in [1.54, 1.807) is 9.36 Å². The molecule has 0 spiro atoms. The maximum Gasteiger partial charge on any atom is 0.232 e. The van der Waals surface area contributed by atoms with Gasteiger partial charge in [0, 0.05) is 30.5 Å². The number of nitrogens with zero attached hydrogens (tertiary/aromatic N) is 5. The monoisotopic (exact) mass is 365 g/mol. The van der Waals surface area contributed by atoms with E-state index < -0.39 is 0 Å². The van der Waals surface area contributed by atoms with E-state index in [9.17, 15) is 4.79 Å². The summed E-state index contributed by atoms with van der Waals surface area (Å²) in [5, 5.41) is 15.2. The predicted molar refractivity (Wildman–Crippen MR) is 102 cm³/mol. The Morgan fingerprint density at radius 1 is 1.26 bits per heavy atom. The molecule has 4 rings (SSSR count). The van der Waals surface area contributed by atoms with Crippen LogP contribution in [0.15, 0.2) is 36.8 Å². The van der Waals surface area contributed by atoms with Gasteiger partial charge in [-0.2, -0.15) is 15.2 Å². The average Bonchev–Trinajstić information content (AvgIpc) is 3.21. The number of fused-ring (bicyclic) bond motifs is 1. The second kappa shape index (κ2) is 6.53. The van der Waals surface area contributed by atoms with E-state index in [2.05, 4.69) is 25.8 Å². The van der Waals surface area contributed by atoms with Crippen molar-refractivity contribution >= 4 is 17.5 Å². The highest BCUT2D eigenvalue weighted by Gasteiger charge is 2.42. The number of amides is 1. The summed E-state index contributed by atoms with van der Waals surface area (Å²) in [5.41, 5.74) is 3.70. The third-order valence-electron chi connectivity index (χ3n) is 5.15. The van der Waals surface area contributed by atoms with Crippen molar-refractivity contribution in [3.63, 3.8) is 0 Å². The van der Waals surface area contributed by atoms with Gasteiger partial charge in [0.25, 0.3) is 0 Å². The van der Waals surface area contributed by atoms with Gasteiger partial charge in [0.1, 0.15) is 6.33 Å². The van der Waals surface area contributed by atoms with Crippen molar-refractivity contribution in [3.05, 3.63) is 53.6 Å². The normalized spacial score (nSPS) is 21.4. The number of para-hydroxylation sites is 1.